The number of hydrogen-bond acceptors (Lipinski definition) is 5. The molecule has 0 atom stereocenters. The number of anilines is 2. The van der Waals surface area contributed by atoms with Gasteiger partial charge in [0.05, 0.1) is 18.0 Å². The van der Waals surface area contributed by atoms with Gasteiger partial charge >= 0.3 is 0 Å². The number of nitrogens with zero attached hydrogens (tertiary/aromatic N) is 2. The molecule has 0 amide bonds. The summed E-state index contributed by atoms with van der Waals surface area (Å²) in [5.74, 6) is 0. The summed E-state index contributed by atoms with van der Waals surface area (Å²) in [4.78, 5) is 1.99. The summed E-state index contributed by atoms with van der Waals surface area (Å²) in [7, 11) is -0.632. The maximum Gasteiger partial charge on any atom is 0.244 e. The van der Waals surface area contributed by atoms with E-state index in [0.29, 0.717) is 18.8 Å². The first-order valence-corrected chi connectivity index (χ1v) is 7.97. The Kier molecular flexibility index (Phi) is 5.79. The average Bonchev–Trinajstić information content (AvgIpc) is 2.38. The molecule has 0 heterocycles. The molecule has 7 heteroatoms. The molecule has 0 fully saturated rings. The Morgan fingerprint density at radius 3 is 2.40 bits per heavy atom. The molecule has 0 spiro atoms. The van der Waals surface area contributed by atoms with Gasteiger partial charge in [0.15, 0.2) is 0 Å². The van der Waals surface area contributed by atoms with Crippen molar-refractivity contribution in [3.8, 4) is 0 Å². The molecule has 1 aromatic carbocycles. The summed E-state index contributed by atoms with van der Waals surface area (Å²) in [6.45, 7) is 3.13. The van der Waals surface area contributed by atoms with E-state index in [4.69, 9.17) is 10.8 Å². The molecule has 0 aliphatic rings. The van der Waals surface area contributed by atoms with Crippen LogP contribution in [0, 0.1) is 0 Å². The molecule has 0 aliphatic carbocycles. The first-order chi connectivity index (χ1) is 9.36. The molecule has 0 bridgehead atoms. The minimum absolute atomic E-state index is 0.00982. The highest BCUT2D eigenvalue weighted by Crippen LogP contribution is 2.31. The van der Waals surface area contributed by atoms with Crippen molar-refractivity contribution in [2.45, 2.75) is 18.2 Å². The average molecular weight is 301 g/mol. The number of nitrogen functional groups attached to an aromatic ring is 1. The molecular weight excluding hydrogens is 278 g/mol. The van der Waals surface area contributed by atoms with E-state index < -0.39 is 10.0 Å². The fraction of sp³-hybridized carbons (Fsp3) is 0.538. The largest absolute Gasteiger partial charge is 0.396 e. The highest BCUT2D eigenvalue weighted by atomic mass is 32.2. The van der Waals surface area contributed by atoms with Crippen LogP contribution in [0.15, 0.2) is 23.1 Å². The topological polar surface area (TPSA) is 86.9 Å². The SMILES string of the molecule is CCCN(CCO)c1cccc(S(=O)(=O)N(C)C)c1N. The Labute approximate surface area is 120 Å². The maximum absolute atomic E-state index is 12.2. The van der Waals surface area contributed by atoms with Crippen molar-refractivity contribution in [1.29, 1.82) is 0 Å². The van der Waals surface area contributed by atoms with Crippen LogP contribution in [0.3, 0.4) is 0 Å². The molecule has 0 saturated carbocycles. The fourth-order valence-electron chi connectivity index (χ4n) is 1.97. The zero-order valence-electron chi connectivity index (χ0n) is 12.2. The predicted octanol–water partition coefficient (Wildman–Crippen LogP) is 0.728. The van der Waals surface area contributed by atoms with Crippen LogP contribution in [0.25, 0.3) is 0 Å². The van der Waals surface area contributed by atoms with Gasteiger partial charge in [0.2, 0.25) is 10.0 Å². The summed E-state index contributed by atoms with van der Waals surface area (Å²) in [5.41, 5.74) is 6.91. The molecular formula is C13H23N3O3S. The lowest BCUT2D eigenvalue weighted by atomic mass is 10.2. The molecule has 3 N–H and O–H groups in total. The second-order valence-electron chi connectivity index (χ2n) is 4.69. The number of aliphatic hydroxyl groups excluding tert-OH is 1. The Morgan fingerprint density at radius 1 is 1.25 bits per heavy atom. The van der Waals surface area contributed by atoms with Crippen molar-refractivity contribution < 1.29 is 13.5 Å². The minimum Gasteiger partial charge on any atom is -0.396 e. The van der Waals surface area contributed by atoms with E-state index in [-0.39, 0.29) is 17.2 Å². The lowest BCUT2D eigenvalue weighted by Crippen LogP contribution is -2.29. The maximum atomic E-state index is 12.2. The number of hydrogen-bond donors (Lipinski definition) is 2. The van der Waals surface area contributed by atoms with E-state index in [1.807, 2.05) is 11.8 Å². The monoisotopic (exact) mass is 301 g/mol. The molecule has 0 aliphatic heterocycles. The number of sulfonamides is 1. The number of aliphatic hydroxyl groups is 1. The smallest absolute Gasteiger partial charge is 0.244 e. The molecule has 0 saturated heterocycles. The zero-order valence-corrected chi connectivity index (χ0v) is 13.0. The summed E-state index contributed by atoms with van der Waals surface area (Å²) < 4.78 is 25.6. The first-order valence-electron chi connectivity index (χ1n) is 6.53. The van der Waals surface area contributed by atoms with E-state index in [0.717, 1.165) is 10.7 Å². The van der Waals surface area contributed by atoms with E-state index >= 15 is 0 Å². The molecule has 20 heavy (non-hydrogen) atoms. The van der Waals surface area contributed by atoms with Gasteiger partial charge in [-0.2, -0.15) is 0 Å². The summed E-state index contributed by atoms with van der Waals surface area (Å²) in [5, 5.41) is 9.12. The van der Waals surface area contributed by atoms with Gasteiger partial charge in [-0.3, -0.25) is 0 Å². The van der Waals surface area contributed by atoms with Gasteiger partial charge in [-0.25, -0.2) is 12.7 Å². The molecule has 114 valence electrons. The van der Waals surface area contributed by atoms with Crippen LogP contribution in [-0.4, -0.2) is 51.6 Å². The van der Waals surface area contributed by atoms with Gasteiger partial charge in [-0.15, -0.1) is 0 Å². The van der Waals surface area contributed by atoms with Crippen LogP contribution < -0.4 is 10.6 Å². The second-order valence-corrected chi connectivity index (χ2v) is 6.81. The first kappa shape index (κ1) is 16.7. The molecule has 0 radical (unpaired) electrons. The highest BCUT2D eigenvalue weighted by molar-refractivity contribution is 7.89. The van der Waals surface area contributed by atoms with E-state index in [2.05, 4.69) is 0 Å². The van der Waals surface area contributed by atoms with Crippen LogP contribution in [0.1, 0.15) is 13.3 Å². The third-order valence-corrected chi connectivity index (χ3v) is 4.88. The molecule has 6 nitrogen and oxygen atoms in total. The third kappa shape index (κ3) is 3.41. The summed E-state index contributed by atoms with van der Waals surface area (Å²) >= 11 is 0. The lowest BCUT2D eigenvalue weighted by molar-refractivity contribution is 0.302. The standard InChI is InChI=1S/C13H23N3O3S/c1-4-8-16(9-10-17)11-6-5-7-12(13(11)14)20(18,19)15(2)3/h5-7,17H,4,8-10,14H2,1-3H3. The number of para-hydroxylation sites is 1. The summed E-state index contributed by atoms with van der Waals surface area (Å²) in [6.07, 6.45) is 0.879. The second kappa shape index (κ2) is 6.92. The third-order valence-electron chi connectivity index (χ3n) is 3.01. The molecule has 0 aromatic heterocycles. The van der Waals surface area contributed by atoms with E-state index in [1.165, 1.54) is 20.2 Å². The number of nitrogens with two attached hydrogens (primary N) is 1. The highest BCUT2D eigenvalue weighted by Gasteiger charge is 2.23. The molecule has 0 unspecified atom stereocenters. The lowest BCUT2D eigenvalue weighted by Gasteiger charge is -2.26. The summed E-state index contributed by atoms with van der Waals surface area (Å²) in [6, 6.07) is 4.94. The van der Waals surface area contributed by atoms with Crippen LogP contribution in [-0.2, 0) is 10.0 Å². The Balaban J connectivity index is 3.31. The quantitative estimate of drug-likeness (QED) is 0.725. The van der Waals surface area contributed by atoms with E-state index in [1.54, 1.807) is 12.1 Å². The van der Waals surface area contributed by atoms with Gasteiger partial charge < -0.3 is 15.7 Å². The van der Waals surface area contributed by atoms with Crippen molar-refractivity contribution in [3.63, 3.8) is 0 Å². The number of benzene rings is 1. The van der Waals surface area contributed by atoms with Crippen molar-refractivity contribution in [1.82, 2.24) is 4.31 Å². The van der Waals surface area contributed by atoms with Crippen molar-refractivity contribution in [2.24, 2.45) is 0 Å². The van der Waals surface area contributed by atoms with Crippen LogP contribution in [0.2, 0.25) is 0 Å². The van der Waals surface area contributed by atoms with E-state index in [9.17, 15) is 8.42 Å². The van der Waals surface area contributed by atoms with Crippen LogP contribution in [0.5, 0.6) is 0 Å². The van der Waals surface area contributed by atoms with Crippen molar-refractivity contribution in [2.75, 3.05) is 44.4 Å². The normalized spacial score (nSPS) is 11.8. The zero-order chi connectivity index (χ0) is 15.3. The van der Waals surface area contributed by atoms with Gasteiger partial charge in [-0.1, -0.05) is 13.0 Å². The molecule has 1 rings (SSSR count). The van der Waals surface area contributed by atoms with Crippen LogP contribution in [0.4, 0.5) is 11.4 Å². The predicted molar refractivity (Wildman–Crippen MR) is 81.3 cm³/mol. The molecule has 1 aromatic rings. The van der Waals surface area contributed by atoms with Gasteiger partial charge in [0.25, 0.3) is 0 Å². The number of rotatable bonds is 7. The van der Waals surface area contributed by atoms with Gasteiger partial charge in [0.1, 0.15) is 4.90 Å². The Bertz CT molecular complexity index is 538. The fourth-order valence-corrected chi connectivity index (χ4v) is 3.00. The van der Waals surface area contributed by atoms with Gasteiger partial charge in [-0.05, 0) is 18.6 Å². The van der Waals surface area contributed by atoms with Gasteiger partial charge in [0, 0.05) is 27.2 Å². The van der Waals surface area contributed by atoms with Crippen molar-refractivity contribution in [3.05, 3.63) is 18.2 Å². The Hall–Kier alpha value is -1.31. The Morgan fingerprint density at radius 2 is 1.90 bits per heavy atom. The van der Waals surface area contributed by atoms with Crippen molar-refractivity contribution >= 4 is 21.4 Å². The minimum atomic E-state index is -3.57. The van der Waals surface area contributed by atoms with Crippen LogP contribution >= 0.6 is 0 Å².